The summed E-state index contributed by atoms with van der Waals surface area (Å²) in [7, 11) is 1.66. The molecule has 0 saturated carbocycles. The number of nitrogens with zero attached hydrogens (tertiary/aromatic N) is 1. The molecule has 0 radical (unpaired) electrons. The van der Waals surface area contributed by atoms with E-state index in [4.69, 9.17) is 14.2 Å². The Morgan fingerprint density at radius 2 is 1.96 bits per heavy atom. The maximum atomic E-state index is 10.4. The number of aryl methyl sites for hydroxylation is 1. The fourth-order valence-electron chi connectivity index (χ4n) is 4.20. The number of methoxy groups -OCH3 is 1. The number of hydrogen-bond acceptors (Lipinski definition) is 5. The van der Waals surface area contributed by atoms with Crippen molar-refractivity contribution in [3.63, 3.8) is 0 Å². The molecule has 1 aliphatic heterocycles. The normalized spacial score (nSPS) is 22.8. The summed E-state index contributed by atoms with van der Waals surface area (Å²) < 4.78 is 17.3. The molecule has 2 aromatic carbocycles. The van der Waals surface area contributed by atoms with Crippen LogP contribution in [0, 0.1) is 0 Å². The zero-order valence-electron chi connectivity index (χ0n) is 16.4. The Morgan fingerprint density at radius 1 is 1.11 bits per heavy atom. The number of aliphatic hydroxyl groups is 1. The second-order valence-electron chi connectivity index (χ2n) is 7.68. The largest absolute Gasteiger partial charge is 0.497 e. The smallest absolute Gasteiger partial charge is 0.123 e. The Bertz CT molecular complexity index is 781. The van der Waals surface area contributed by atoms with E-state index in [9.17, 15) is 5.11 Å². The lowest BCUT2D eigenvalue weighted by Gasteiger charge is -2.22. The average molecular weight is 383 g/mol. The Morgan fingerprint density at radius 3 is 2.86 bits per heavy atom. The summed E-state index contributed by atoms with van der Waals surface area (Å²) in [4.78, 5) is 2.25. The Balaban J connectivity index is 1.21. The van der Waals surface area contributed by atoms with Crippen molar-refractivity contribution in [2.75, 3.05) is 33.4 Å². The van der Waals surface area contributed by atoms with Crippen molar-refractivity contribution in [1.82, 2.24) is 4.90 Å². The summed E-state index contributed by atoms with van der Waals surface area (Å²) in [5, 5.41) is 10.4. The number of likely N-dealkylation sites (tertiary alicyclic amines) is 1. The van der Waals surface area contributed by atoms with Crippen LogP contribution < -0.4 is 9.47 Å². The molecule has 1 saturated heterocycles. The first-order valence-electron chi connectivity index (χ1n) is 10.1. The van der Waals surface area contributed by atoms with Crippen LogP contribution in [0.2, 0.25) is 0 Å². The molecule has 0 amide bonds. The van der Waals surface area contributed by atoms with E-state index in [0.717, 1.165) is 43.9 Å². The Labute approximate surface area is 166 Å². The average Bonchev–Trinajstić information content (AvgIpc) is 3.33. The van der Waals surface area contributed by atoms with Crippen LogP contribution in [0.3, 0.4) is 0 Å². The second kappa shape index (κ2) is 8.95. The zero-order chi connectivity index (χ0) is 19.3. The SMILES string of the molecule is COc1cccc(OC2CCN(CC(O)CO[C@H]3CCc4ccccc43)C2)c1. The van der Waals surface area contributed by atoms with E-state index in [2.05, 4.69) is 29.2 Å². The maximum Gasteiger partial charge on any atom is 0.123 e. The van der Waals surface area contributed by atoms with E-state index >= 15 is 0 Å². The quantitative estimate of drug-likeness (QED) is 0.759. The lowest BCUT2D eigenvalue weighted by Crippen LogP contribution is -2.35. The van der Waals surface area contributed by atoms with Crippen LogP contribution in [-0.2, 0) is 11.2 Å². The van der Waals surface area contributed by atoms with E-state index in [-0.39, 0.29) is 12.2 Å². The van der Waals surface area contributed by atoms with E-state index in [1.165, 1.54) is 11.1 Å². The van der Waals surface area contributed by atoms with Gasteiger partial charge in [0.2, 0.25) is 0 Å². The van der Waals surface area contributed by atoms with E-state index < -0.39 is 6.10 Å². The van der Waals surface area contributed by atoms with Gasteiger partial charge in [-0.2, -0.15) is 0 Å². The topological polar surface area (TPSA) is 51.2 Å². The number of β-amino-alcohol motifs (C(OH)–C–C–N with tert-alkyl or cyclic N) is 1. The minimum Gasteiger partial charge on any atom is -0.497 e. The molecule has 1 aliphatic carbocycles. The molecule has 4 rings (SSSR count). The number of rotatable bonds is 8. The fourth-order valence-corrected chi connectivity index (χ4v) is 4.20. The number of aliphatic hydroxyl groups excluding tert-OH is 1. The van der Waals surface area contributed by atoms with Gasteiger partial charge in [-0.25, -0.2) is 0 Å². The molecule has 0 bridgehead atoms. The molecule has 0 spiro atoms. The zero-order valence-corrected chi connectivity index (χ0v) is 16.4. The first kappa shape index (κ1) is 19.2. The summed E-state index contributed by atoms with van der Waals surface area (Å²) >= 11 is 0. The van der Waals surface area contributed by atoms with Gasteiger partial charge in [-0.1, -0.05) is 30.3 Å². The predicted octanol–water partition coefficient (Wildman–Crippen LogP) is 3.21. The first-order chi connectivity index (χ1) is 13.7. The van der Waals surface area contributed by atoms with Gasteiger partial charge in [0.05, 0.1) is 25.9 Å². The number of fused-ring (bicyclic) bond motifs is 1. The van der Waals surface area contributed by atoms with Crippen molar-refractivity contribution >= 4 is 0 Å². The highest BCUT2D eigenvalue weighted by molar-refractivity contribution is 5.34. The number of ether oxygens (including phenoxy) is 3. The lowest BCUT2D eigenvalue weighted by atomic mass is 10.1. The minimum atomic E-state index is -0.483. The third-order valence-electron chi connectivity index (χ3n) is 5.61. The molecule has 150 valence electrons. The van der Waals surface area contributed by atoms with Gasteiger partial charge in [-0.3, -0.25) is 4.90 Å². The maximum absolute atomic E-state index is 10.4. The van der Waals surface area contributed by atoms with Gasteiger partial charge in [-0.05, 0) is 42.5 Å². The van der Waals surface area contributed by atoms with Gasteiger partial charge in [0.25, 0.3) is 0 Å². The third-order valence-corrected chi connectivity index (χ3v) is 5.61. The Hall–Kier alpha value is -2.08. The van der Waals surface area contributed by atoms with Gasteiger partial charge in [0.15, 0.2) is 0 Å². The van der Waals surface area contributed by atoms with Crippen molar-refractivity contribution in [2.24, 2.45) is 0 Å². The highest BCUT2D eigenvalue weighted by Crippen LogP contribution is 2.33. The molecule has 1 fully saturated rings. The minimum absolute atomic E-state index is 0.119. The summed E-state index contributed by atoms with van der Waals surface area (Å²) in [6.45, 7) is 2.74. The molecular weight excluding hydrogens is 354 g/mol. The highest BCUT2D eigenvalue weighted by atomic mass is 16.5. The van der Waals surface area contributed by atoms with Gasteiger partial charge in [0, 0.05) is 25.7 Å². The fraction of sp³-hybridized carbons (Fsp3) is 0.478. The summed E-state index contributed by atoms with van der Waals surface area (Å²) in [5.41, 5.74) is 2.65. The molecule has 2 unspecified atom stereocenters. The molecule has 1 N–H and O–H groups in total. The molecule has 3 atom stereocenters. The molecule has 2 aromatic rings. The van der Waals surface area contributed by atoms with Crippen molar-refractivity contribution in [2.45, 2.75) is 37.6 Å². The number of benzene rings is 2. The van der Waals surface area contributed by atoms with Crippen LogP contribution in [0.25, 0.3) is 0 Å². The van der Waals surface area contributed by atoms with Crippen molar-refractivity contribution in [3.8, 4) is 11.5 Å². The van der Waals surface area contributed by atoms with Crippen LogP contribution in [0.4, 0.5) is 0 Å². The highest BCUT2D eigenvalue weighted by Gasteiger charge is 2.27. The lowest BCUT2D eigenvalue weighted by molar-refractivity contribution is -0.0200. The monoisotopic (exact) mass is 383 g/mol. The van der Waals surface area contributed by atoms with Crippen LogP contribution in [0.5, 0.6) is 11.5 Å². The standard InChI is InChI=1S/C23H29NO4/c1-26-19-6-4-7-20(13-19)28-21-11-12-24(15-21)14-18(25)16-27-23-10-9-17-5-2-3-8-22(17)23/h2-8,13,18,21,23,25H,9-12,14-16H2,1H3/t18?,21?,23-/m0/s1. The molecule has 1 heterocycles. The third kappa shape index (κ3) is 4.66. The summed E-state index contributed by atoms with van der Waals surface area (Å²) in [5.74, 6) is 1.63. The van der Waals surface area contributed by atoms with Crippen LogP contribution >= 0.6 is 0 Å². The molecule has 28 heavy (non-hydrogen) atoms. The molecule has 2 aliphatic rings. The molecule has 5 nitrogen and oxygen atoms in total. The van der Waals surface area contributed by atoms with E-state index in [1.54, 1.807) is 7.11 Å². The van der Waals surface area contributed by atoms with Gasteiger partial charge in [0.1, 0.15) is 17.6 Å². The first-order valence-corrected chi connectivity index (χ1v) is 10.1. The Kier molecular flexibility index (Phi) is 6.15. The molecule has 0 aromatic heterocycles. The van der Waals surface area contributed by atoms with Crippen molar-refractivity contribution in [1.29, 1.82) is 0 Å². The summed E-state index contributed by atoms with van der Waals surface area (Å²) in [6, 6.07) is 16.1. The van der Waals surface area contributed by atoms with Crippen LogP contribution in [-0.4, -0.2) is 55.6 Å². The van der Waals surface area contributed by atoms with Gasteiger partial charge >= 0.3 is 0 Å². The van der Waals surface area contributed by atoms with E-state index in [0.29, 0.717) is 13.2 Å². The molecule has 5 heteroatoms. The van der Waals surface area contributed by atoms with Crippen LogP contribution in [0.1, 0.15) is 30.1 Å². The van der Waals surface area contributed by atoms with Gasteiger partial charge < -0.3 is 19.3 Å². The van der Waals surface area contributed by atoms with E-state index in [1.807, 2.05) is 24.3 Å². The van der Waals surface area contributed by atoms with Crippen LogP contribution in [0.15, 0.2) is 48.5 Å². The predicted molar refractivity (Wildman–Crippen MR) is 108 cm³/mol. The molecular formula is C23H29NO4. The van der Waals surface area contributed by atoms with Crippen molar-refractivity contribution in [3.05, 3.63) is 59.7 Å². The van der Waals surface area contributed by atoms with Crippen molar-refractivity contribution < 1.29 is 19.3 Å². The number of hydrogen-bond donors (Lipinski definition) is 1. The second-order valence-corrected chi connectivity index (χ2v) is 7.68. The van der Waals surface area contributed by atoms with Gasteiger partial charge in [-0.15, -0.1) is 0 Å². The summed E-state index contributed by atoms with van der Waals surface area (Å²) in [6.07, 6.45) is 2.80.